The van der Waals surface area contributed by atoms with E-state index in [-0.39, 0.29) is 0 Å². The van der Waals surface area contributed by atoms with Crippen molar-refractivity contribution in [1.82, 2.24) is 0 Å². The monoisotopic (exact) mass is 330 g/mol. The zero-order valence-electron chi connectivity index (χ0n) is 13.7. The van der Waals surface area contributed by atoms with E-state index in [2.05, 4.69) is 62.4 Å². The van der Waals surface area contributed by atoms with Crippen molar-refractivity contribution in [2.45, 2.75) is 49.3 Å². The number of rotatable bonds is 9. The number of hydrogen-bond donors (Lipinski definition) is 0. The van der Waals surface area contributed by atoms with Gasteiger partial charge in [0.15, 0.2) is 0 Å². The van der Waals surface area contributed by atoms with Crippen LogP contribution < -0.4 is 0 Å². The molecule has 118 valence electrons. The summed E-state index contributed by atoms with van der Waals surface area (Å²) in [5.41, 5.74) is 2.69. The molecule has 0 aliphatic rings. The van der Waals surface area contributed by atoms with Gasteiger partial charge >= 0.3 is 0 Å². The molecule has 0 unspecified atom stereocenters. The van der Waals surface area contributed by atoms with E-state index in [4.69, 9.17) is 0 Å². The molecule has 0 atom stereocenters. The van der Waals surface area contributed by atoms with Crippen molar-refractivity contribution in [2.75, 3.05) is 11.5 Å². The van der Waals surface area contributed by atoms with Gasteiger partial charge in [-0.15, -0.1) is 23.5 Å². The molecular formula is C20H26S2. The van der Waals surface area contributed by atoms with Crippen LogP contribution in [0.1, 0.15) is 36.8 Å². The molecule has 2 rings (SSSR count). The maximum atomic E-state index is 2.23. The van der Waals surface area contributed by atoms with Crippen LogP contribution in [0.25, 0.3) is 0 Å². The summed E-state index contributed by atoms with van der Waals surface area (Å²) in [6.07, 6.45) is 5.36. The van der Waals surface area contributed by atoms with Gasteiger partial charge in [-0.1, -0.05) is 48.2 Å². The number of benzene rings is 2. The lowest BCUT2D eigenvalue weighted by Crippen LogP contribution is -1.85. The Morgan fingerprint density at radius 2 is 0.909 bits per heavy atom. The van der Waals surface area contributed by atoms with E-state index in [0.29, 0.717) is 0 Å². The molecule has 2 aromatic carbocycles. The van der Waals surface area contributed by atoms with Gasteiger partial charge < -0.3 is 0 Å². The Hall–Kier alpha value is -0.860. The molecule has 0 aromatic heterocycles. The molecule has 2 heteroatoms. The minimum Gasteiger partial charge on any atom is -0.126 e. The molecule has 0 nitrogen and oxygen atoms in total. The third-order valence-corrected chi connectivity index (χ3v) is 5.81. The first kappa shape index (κ1) is 17.5. The van der Waals surface area contributed by atoms with Gasteiger partial charge in [0.05, 0.1) is 0 Å². The fourth-order valence-corrected chi connectivity index (χ4v) is 4.03. The van der Waals surface area contributed by atoms with Crippen molar-refractivity contribution in [1.29, 1.82) is 0 Å². The number of hydrogen-bond acceptors (Lipinski definition) is 2. The lowest BCUT2D eigenvalue weighted by atomic mass is 10.2. The topological polar surface area (TPSA) is 0 Å². The summed E-state index contributed by atoms with van der Waals surface area (Å²) in [4.78, 5) is 2.81. The highest BCUT2D eigenvalue weighted by atomic mass is 32.2. The first-order valence-corrected chi connectivity index (χ1v) is 10.1. The predicted octanol–water partition coefficient (Wildman–Crippen LogP) is 6.75. The second kappa shape index (κ2) is 10.0. The van der Waals surface area contributed by atoms with Crippen molar-refractivity contribution in [3.05, 3.63) is 59.7 Å². The van der Waals surface area contributed by atoms with Crippen molar-refractivity contribution in [3.8, 4) is 0 Å². The summed E-state index contributed by atoms with van der Waals surface area (Å²) < 4.78 is 0. The summed E-state index contributed by atoms with van der Waals surface area (Å²) in [5, 5.41) is 0. The smallest absolute Gasteiger partial charge is 0.00721 e. The summed E-state index contributed by atoms with van der Waals surface area (Å²) in [6.45, 7) is 4.28. The van der Waals surface area contributed by atoms with Crippen LogP contribution in [-0.4, -0.2) is 11.5 Å². The molecule has 0 saturated carbocycles. The number of unbranched alkanes of at least 4 members (excludes halogenated alkanes) is 3. The van der Waals surface area contributed by atoms with Crippen LogP contribution in [-0.2, 0) is 0 Å². The first-order valence-electron chi connectivity index (χ1n) is 8.13. The molecule has 0 fully saturated rings. The van der Waals surface area contributed by atoms with Gasteiger partial charge in [-0.3, -0.25) is 0 Å². The van der Waals surface area contributed by atoms with E-state index >= 15 is 0 Å². The van der Waals surface area contributed by atoms with Crippen molar-refractivity contribution in [3.63, 3.8) is 0 Å². The fourth-order valence-electron chi connectivity index (χ4n) is 2.21. The minimum atomic E-state index is 1.24. The van der Waals surface area contributed by atoms with Crippen molar-refractivity contribution < 1.29 is 0 Å². The van der Waals surface area contributed by atoms with Gasteiger partial charge in [-0.05, 0) is 62.5 Å². The normalized spacial score (nSPS) is 10.8. The van der Waals surface area contributed by atoms with Crippen LogP contribution in [0.5, 0.6) is 0 Å². The Bertz CT molecular complexity index is 477. The summed E-state index contributed by atoms with van der Waals surface area (Å²) in [6, 6.07) is 17.7. The molecule has 0 aliphatic heterocycles. The van der Waals surface area contributed by atoms with E-state index in [0.717, 1.165) is 0 Å². The van der Waals surface area contributed by atoms with Gasteiger partial charge in [0, 0.05) is 9.79 Å². The standard InChI is InChI=1S/C20H26S2/c1-17-7-11-19(12-8-17)21-15-5-3-4-6-16-22-20-13-9-18(2)10-14-20/h7-14H,3-6,15-16H2,1-2H3. The summed E-state index contributed by atoms with van der Waals surface area (Å²) in [7, 11) is 0. The van der Waals surface area contributed by atoms with Crippen LogP contribution >= 0.6 is 23.5 Å². The molecule has 0 bridgehead atoms. The van der Waals surface area contributed by atoms with Gasteiger partial charge in [-0.25, -0.2) is 0 Å². The highest BCUT2D eigenvalue weighted by molar-refractivity contribution is 7.99. The number of aryl methyl sites for hydroxylation is 2. The van der Waals surface area contributed by atoms with Crippen molar-refractivity contribution >= 4 is 23.5 Å². The Labute approximate surface area is 144 Å². The lowest BCUT2D eigenvalue weighted by molar-refractivity contribution is 0.711. The average Bonchev–Trinajstić information content (AvgIpc) is 2.53. The second-order valence-electron chi connectivity index (χ2n) is 5.74. The number of thioether (sulfide) groups is 2. The molecule has 2 aromatic rings. The average molecular weight is 331 g/mol. The molecule has 0 saturated heterocycles. The molecule has 0 aliphatic carbocycles. The maximum Gasteiger partial charge on any atom is 0.00721 e. The van der Waals surface area contributed by atoms with Gasteiger partial charge in [0.1, 0.15) is 0 Å². The van der Waals surface area contributed by atoms with Crippen LogP contribution in [0.4, 0.5) is 0 Å². The van der Waals surface area contributed by atoms with Gasteiger partial charge in [-0.2, -0.15) is 0 Å². The molecule has 0 amide bonds. The van der Waals surface area contributed by atoms with Gasteiger partial charge in [0.25, 0.3) is 0 Å². The molecule has 0 N–H and O–H groups in total. The van der Waals surface area contributed by atoms with Crippen molar-refractivity contribution in [2.24, 2.45) is 0 Å². The molecule has 22 heavy (non-hydrogen) atoms. The summed E-state index contributed by atoms with van der Waals surface area (Å²) in [5.74, 6) is 2.49. The molecule has 0 heterocycles. The van der Waals surface area contributed by atoms with Crippen LogP contribution in [0, 0.1) is 13.8 Å². The third-order valence-electron chi connectivity index (χ3n) is 3.62. The molecule has 0 spiro atoms. The van der Waals surface area contributed by atoms with Crippen LogP contribution in [0.3, 0.4) is 0 Å². The Morgan fingerprint density at radius 1 is 0.545 bits per heavy atom. The van der Waals surface area contributed by atoms with E-state index < -0.39 is 0 Å². The minimum absolute atomic E-state index is 1.24. The zero-order valence-corrected chi connectivity index (χ0v) is 15.3. The lowest BCUT2D eigenvalue weighted by Gasteiger charge is -2.04. The molecule has 0 radical (unpaired) electrons. The first-order chi connectivity index (χ1) is 10.7. The highest BCUT2D eigenvalue weighted by Gasteiger charge is 1.96. The Kier molecular flexibility index (Phi) is 7.96. The van der Waals surface area contributed by atoms with E-state index in [9.17, 15) is 0 Å². The Balaban J connectivity index is 1.47. The third kappa shape index (κ3) is 6.93. The quantitative estimate of drug-likeness (QED) is 0.368. The van der Waals surface area contributed by atoms with E-state index in [1.54, 1.807) is 0 Å². The van der Waals surface area contributed by atoms with E-state index in [1.165, 1.54) is 58.1 Å². The fraction of sp³-hybridized carbons (Fsp3) is 0.400. The maximum absolute atomic E-state index is 2.23. The second-order valence-corrected chi connectivity index (χ2v) is 8.07. The predicted molar refractivity (Wildman–Crippen MR) is 102 cm³/mol. The zero-order chi connectivity index (χ0) is 15.6. The van der Waals surface area contributed by atoms with Crippen LogP contribution in [0.15, 0.2) is 58.3 Å². The Morgan fingerprint density at radius 3 is 1.27 bits per heavy atom. The van der Waals surface area contributed by atoms with E-state index in [1.807, 2.05) is 23.5 Å². The van der Waals surface area contributed by atoms with Gasteiger partial charge in [0.2, 0.25) is 0 Å². The molecular weight excluding hydrogens is 304 g/mol. The van der Waals surface area contributed by atoms with Crippen LogP contribution in [0.2, 0.25) is 0 Å². The SMILES string of the molecule is Cc1ccc(SCCCCCCSc2ccc(C)cc2)cc1. The largest absolute Gasteiger partial charge is 0.126 e. The highest BCUT2D eigenvalue weighted by Crippen LogP contribution is 2.22. The summed E-state index contributed by atoms with van der Waals surface area (Å²) >= 11 is 3.97.